The summed E-state index contributed by atoms with van der Waals surface area (Å²) in [6, 6.07) is 12.4. The Hall–Kier alpha value is -2.47. The van der Waals surface area contributed by atoms with Gasteiger partial charge in [-0.1, -0.05) is 30.3 Å². The topological polar surface area (TPSA) is 58.1 Å². The van der Waals surface area contributed by atoms with Crippen molar-refractivity contribution in [1.29, 1.82) is 0 Å². The van der Waals surface area contributed by atoms with Crippen LogP contribution in [0, 0.1) is 0 Å². The van der Waals surface area contributed by atoms with E-state index in [1.165, 1.54) is 0 Å². The van der Waals surface area contributed by atoms with E-state index in [0.29, 0.717) is 6.54 Å². The fourth-order valence-electron chi connectivity index (χ4n) is 2.81. The lowest BCUT2D eigenvalue weighted by Gasteiger charge is -2.25. The highest BCUT2D eigenvalue weighted by atomic mass is 32.1. The highest BCUT2D eigenvalue weighted by Crippen LogP contribution is 2.35. The Labute approximate surface area is 158 Å². The number of nitrogens with zero attached hydrogens (tertiary/aromatic N) is 3. The Bertz CT molecular complexity index is 899. The van der Waals surface area contributed by atoms with Gasteiger partial charge in [0.05, 0.1) is 11.9 Å². The molecule has 0 aliphatic rings. The van der Waals surface area contributed by atoms with Gasteiger partial charge in [0, 0.05) is 17.0 Å². The van der Waals surface area contributed by atoms with Gasteiger partial charge >= 0.3 is 0 Å². The minimum atomic E-state index is -0.250. The summed E-state index contributed by atoms with van der Waals surface area (Å²) >= 11 is 1.64. The Morgan fingerprint density at radius 1 is 1.19 bits per heavy atom. The fraction of sp³-hybridized carbons (Fsp3) is 0.350. The molecule has 6 heteroatoms. The van der Waals surface area contributed by atoms with Crippen LogP contribution in [0.4, 0.5) is 5.82 Å². The lowest BCUT2D eigenvalue weighted by Crippen LogP contribution is -2.46. The first kappa shape index (κ1) is 18.3. The van der Waals surface area contributed by atoms with Crippen molar-refractivity contribution in [2.24, 2.45) is 0 Å². The van der Waals surface area contributed by atoms with Crippen LogP contribution in [0.25, 0.3) is 20.7 Å². The van der Waals surface area contributed by atoms with Crippen molar-refractivity contribution in [3.05, 3.63) is 42.7 Å². The number of aromatic nitrogens is 2. The molecule has 0 aliphatic carbocycles. The van der Waals surface area contributed by atoms with Gasteiger partial charge in [0.25, 0.3) is 0 Å². The zero-order chi connectivity index (χ0) is 18.7. The van der Waals surface area contributed by atoms with E-state index in [4.69, 9.17) is 0 Å². The Morgan fingerprint density at radius 3 is 2.58 bits per heavy atom. The van der Waals surface area contributed by atoms with Crippen LogP contribution in [0.1, 0.15) is 27.7 Å². The molecule has 1 amide bonds. The smallest absolute Gasteiger partial charge is 0.239 e. The standard InChI is InChI=1S/C20H24N4OS/c1-5-24(12-17(25)23-20(2,3)4)18-15-11-16(14-9-7-6-8-10-14)26-19(15)22-13-21-18/h6-11,13H,5,12H2,1-4H3,(H,23,25). The van der Waals surface area contributed by atoms with Crippen molar-refractivity contribution in [3.63, 3.8) is 0 Å². The molecule has 0 unspecified atom stereocenters. The van der Waals surface area contributed by atoms with Gasteiger partial charge in [0.1, 0.15) is 17.0 Å². The number of nitrogens with one attached hydrogen (secondary N) is 1. The van der Waals surface area contributed by atoms with Gasteiger partial charge in [-0.05, 0) is 39.3 Å². The predicted molar refractivity (Wildman–Crippen MR) is 109 cm³/mol. The minimum absolute atomic E-state index is 0.00961. The number of hydrogen-bond acceptors (Lipinski definition) is 5. The van der Waals surface area contributed by atoms with Crippen LogP contribution >= 0.6 is 11.3 Å². The first-order valence-corrected chi connectivity index (χ1v) is 9.55. The van der Waals surface area contributed by atoms with Gasteiger partial charge in [-0.15, -0.1) is 11.3 Å². The van der Waals surface area contributed by atoms with Crippen LogP contribution < -0.4 is 10.2 Å². The number of carbonyl (C=O) groups is 1. The second-order valence-corrected chi connectivity index (χ2v) is 8.24. The number of rotatable bonds is 5. The van der Waals surface area contributed by atoms with Gasteiger partial charge in [-0.2, -0.15) is 0 Å². The average Bonchev–Trinajstić information content (AvgIpc) is 3.03. The van der Waals surface area contributed by atoms with E-state index in [9.17, 15) is 4.79 Å². The van der Waals surface area contributed by atoms with Crippen molar-refractivity contribution >= 4 is 33.3 Å². The van der Waals surface area contributed by atoms with Crippen molar-refractivity contribution < 1.29 is 4.79 Å². The van der Waals surface area contributed by atoms with E-state index in [-0.39, 0.29) is 18.0 Å². The van der Waals surface area contributed by atoms with Gasteiger partial charge in [-0.25, -0.2) is 9.97 Å². The zero-order valence-corrected chi connectivity index (χ0v) is 16.4. The quantitative estimate of drug-likeness (QED) is 0.737. The van der Waals surface area contributed by atoms with Crippen molar-refractivity contribution in [2.45, 2.75) is 33.2 Å². The van der Waals surface area contributed by atoms with Crippen molar-refractivity contribution in [2.75, 3.05) is 18.0 Å². The summed E-state index contributed by atoms with van der Waals surface area (Å²) in [4.78, 5) is 25.3. The predicted octanol–water partition coefficient (Wildman–Crippen LogP) is 4.10. The van der Waals surface area contributed by atoms with Gasteiger partial charge in [0.2, 0.25) is 5.91 Å². The number of hydrogen-bond donors (Lipinski definition) is 1. The molecule has 2 aromatic heterocycles. The molecule has 1 N–H and O–H groups in total. The lowest BCUT2D eigenvalue weighted by molar-refractivity contribution is -0.121. The van der Waals surface area contributed by atoms with E-state index in [1.54, 1.807) is 17.7 Å². The van der Waals surface area contributed by atoms with Gasteiger partial charge in [0.15, 0.2) is 0 Å². The second-order valence-electron chi connectivity index (χ2n) is 7.21. The first-order chi connectivity index (χ1) is 12.4. The molecular weight excluding hydrogens is 344 g/mol. The van der Waals surface area contributed by atoms with Crippen LogP contribution in [0.5, 0.6) is 0 Å². The summed E-state index contributed by atoms with van der Waals surface area (Å²) < 4.78 is 0. The van der Waals surface area contributed by atoms with E-state index in [2.05, 4.69) is 33.5 Å². The number of carbonyl (C=O) groups excluding carboxylic acids is 1. The summed E-state index contributed by atoms with van der Waals surface area (Å²) in [5, 5.41) is 4.00. The van der Waals surface area contributed by atoms with Crippen LogP contribution in [0.15, 0.2) is 42.7 Å². The van der Waals surface area contributed by atoms with Crippen molar-refractivity contribution in [3.8, 4) is 10.4 Å². The molecule has 5 nitrogen and oxygen atoms in total. The third-order valence-electron chi connectivity index (χ3n) is 3.90. The molecule has 2 heterocycles. The molecule has 0 aliphatic heterocycles. The molecule has 0 fully saturated rings. The molecule has 0 atom stereocenters. The largest absolute Gasteiger partial charge is 0.350 e. The summed E-state index contributed by atoms with van der Waals surface area (Å²) in [7, 11) is 0. The van der Waals surface area contributed by atoms with E-state index in [1.807, 2.05) is 50.8 Å². The molecule has 0 bridgehead atoms. The third-order valence-corrected chi connectivity index (χ3v) is 4.99. The highest BCUT2D eigenvalue weighted by molar-refractivity contribution is 7.21. The summed E-state index contributed by atoms with van der Waals surface area (Å²) in [5.74, 6) is 0.796. The molecular formula is C20H24N4OS. The van der Waals surface area contributed by atoms with Gasteiger partial charge < -0.3 is 10.2 Å². The van der Waals surface area contributed by atoms with Crippen LogP contribution in [0.2, 0.25) is 0 Å². The third kappa shape index (κ3) is 4.19. The molecule has 136 valence electrons. The molecule has 0 radical (unpaired) electrons. The zero-order valence-electron chi connectivity index (χ0n) is 15.6. The molecule has 26 heavy (non-hydrogen) atoms. The maximum absolute atomic E-state index is 12.4. The van der Waals surface area contributed by atoms with Crippen LogP contribution in [-0.4, -0.2) is 34.5 Å². The van der Waals surface area contributed by atoms with Gasteiger partial charge in [-0.3, -0.25) is 4.79 Å². The first-order valence-electron chi connectivity index (χ1n) is 8.73. The number of benzene rings is 1. The van der Waals surface area contributed by atoms with Crippen LogP contribution in [-0.2, 0) is 4.79 Å². The summed E-state index contributed by atoms with van der Waals surface area (Å²) in [5.41, 5.74) is 0.912. The Morgan fingerprint density at radius 2 is 1.92 bits per heavy atom. The molecule has 1 aromatic carbocycles. The summed E-state index contributed by atoms with van der Waals surface area (Å²) in [6.45, 7) is 8.94. The van der Waals surface area contributed by atoms with E-state index >= 15 is 0 Å². The number of amides is 1. The number of thiophene rings is 1. The fourth-order valence-corrected chi connectivity index (χ4v) is 3.81. The highest BCUT2D eigenvalue weighted by Gasteiger charge is 2.19. The molecule has 3 rings (SSSR count). The minimum Gasteiger partial charge on any atom is -0.350 e. The maximum Gasteiger partial charge on any atom is 0.239 e. The van der Waals surface area contributed by atoms with Crippen LogP contribution in [0.3, 0.4) is 0 Å². The second kappa shape index (κ2) is 7.41. The number of anilines is 1. The molecule has 3 aromatic rings. The Kier molecular flexibility index (Phi) is 5.23. The molecule has 0 saturated heterocycles. The normalized spacial score (nSPS) is 11.5. The van der Waals surface area contributed by atoms with E-state index < -0.39 is 0 Å². The summed E-state index contributed by atoms with van der Waals surface area (Å²) in [6.07, 6.45) is 1.58. The van der Waals surface area contributed by atoms with Crippen molar-refractivity contribution in [1.82, 2.24) is 15.3 Å². The maximum atomic E-state index is 12.4. The lowest BCUT2D eigenvalue weighted by atomic mass is 10.1. The van der Waals surface area contributed by atoms with E-state index in [0.717, 1.165) is 26.5 Å². The molecule has 0 saturated carbocycles. The molecule has 0 spiro atoms. The average molecular weight is 369 g/mol. The monoisotopic (exact) mass is 368 g/mol. The SMILES string of the molecule is CCN(CC(=O)NC(C)(C)C)c1ncnc2sc(-c3ccccc3)cc12. The number of fused-ring (bicyclic) bond motifs is 1. The Balaban J connectivity index is 1.93. The number of likely N-dealkylation sites (N-methyl/N-ethyl adjacent to an activating group) is 1.